The summed E-state index contributed by atoms with van der Waals surface area (Å²) in [7, 11) is 3.93. The van der Waals surface area contributed by atoms with E-state index in [-0.39, 0.29) is 6.04 Å². The maximum Gasteiger partial charge on any atom is 0.108 e. The van der Waals surface area contributed by atoms with E-state index in [0.29, 0.717) is 0 Å². The maximum absolute atomic E-state index is 5.50. The molecule has 4 heteroatoms. The number of nitrogens with one attached hydrogen (secondary N) is 1. The van der Waals surface area contributed by atoms with Crippen LogP contribution in [-0.4, -0.2) is 16.8 Å². The summed E-state index contributed by atoms with van der Waals surface area (Å²) < 4.78 is 7.42. The van der Waals surface area contributed by atoms with Gasteiger partial charge in [-0.3, -0.25) is 4.68 Å². The lowest BCUT2D eigenvalue weighted by Gasteiger charge is -2.17. The molecular weight excluding hydrogens is 214 g/mol. The van der Waals surface area contributed by atoms with Crippen molar-refractivity contribution in [2.45, 2.75) is 26.3 Å². The Bertz CT molecular complexity index is 479. The van der Waals surface area contributed by atoms with Gasteiger partial charge in [-0.2, -0.15) is 5.10 Å². The van der Waals surface area contributed by atoms with Gasteiger partial charge in [0.2, 0.25) is 0 Å². The van der Waals surface area contributed by atoms with Gasteiger partial charge in [-0.1, -0.05) is 6.92 Å². The normalized spacial score (nSPS) is 12.9. The van der Waals surface area contributed by atoms with E-state index in [2.05, 4.69) is 24.3 Å². The van der Waals surface area contributed by atoms with Crippen molar-refractivity contribution in [3.8, 4) is 0 Å². The first kappa shape index (κ1) is 11.9. The second-order valence-electron chi connectivity index (χ2n) is 4.21. The smallest absolute Gasteiger partial charge is 0.108 e. The van der Waals surface area contributed by atoms with E-state index in [0.717, 1.165) is 12.2 Å². The van der Waals surface area contributed by atoms with Crippen molar-refractivity contribution in [2.75, 3.05) is 7.05 Å². The van der Waals surface area contributed by atoms with Gasteiger partial charge in [-0.05, 0) is 25.6 Å². The summed E-state index contributed by atoms with van der Waals surface area (Å²) in [6, 6.07) is 2.17. The average Bonchev–Trinajstić information content (AvgIpc) is 2.91. The lowest BCUT2D eigenvalue weighted by atomic mass is 10.0. The van der Waals surface area contributed by atoms with Crippen LogP contribution in [0.25, 0.3) is 0 Å². The number of aromatic nitrogens is 2. The topological polar surface area (TPSA) is 43.0 Å². The first-order valence-electron chi connectivity index (χ1n) is 5.91. The number of nitrogens with zero attached hydrogens (tertiary/aromatic N) is 2. The summed E-state index contributed by atoms with van der Waals surface area (Å²) in [6.07, 6.45) is 4.55. The van der Waals surface area contributed by atoms with Gasteiger partial charge in [0.1, 0.15) is 5.76 Å². The average molecular weight is 233 g/mol. The lowest BCUT2D eigenvalue weighted by Crippen LogP contribution is -2.22. The molecule has 2 aromatic heterocycles. The molecular formula is C13H19N3O. The highest BCUT2D eigenvalue weighted by atomic mass is 16.3. The minimum atomic E-state index is 0.135. The maximum atomic E-state index is 5.50. The molecule has 92 valence electrons. The van der Waals surface area contributed by atoms with E-state index in [1.165, 1.54) is 16.8 Å². The van der Waals surface area contributed by atoms with Gasteiger partial charge in [0.15, 0.2) is 0 Å². The van der Waals surface area contributed by atoms with Gasteiger partial charge in [0.05, 0.1) is 24.2 Å². The molecule has 1 N–H and O–H groups in total. The predicted molar refractivity (Wildman–Crippen MR) is 66.9 cm³/mol. The molecule has 0 bridgehead atoms. The van der Waals surface area contributed by atoms with Crippen molar-refractivity contribution in [3.63, 3.8) is 0 Å². The molecule has 0 saturated heterocycles. The Balaban J connectivity index is 2.47. The standard InChI is InChI=1S/C13H19N3O/c1-5-11-10(6-7-17-11)12(14-3)13-9(2)8-15-16(13)4/h6-8,12,14H,5H2,1-4H3. The van der Waals surface area contributed by atoms with Gasteiger partial charge in [-0.25, -0.2) is 0 Å². The number of rotatable bonds is 4. The monoisotopic (exact) mass is 233 g/mol. The molecule has 0 aromatic carbocycles. The number of aryl methyl sites for hydroxylation is 3. The van der Waals surface area contributed by atoms with Crippen LogP contribution in [0.3, 0.4) is 0 Å². The van der Waals surface area contributed by atoms with Crippen LogP contribution < -0.4 is 5.32 Å². The largest absolute Gasteiger partial charge is 0.469 e. The highest BCUT2D eigenvalue weighted by Crippen LogP contribution is 2.27. The Hall–Kier alpha value is -1.55. The van der Waals surface area contributed by atoms with E-state index in [1.807, 2.05) is 31.0 Å². The third-order valence-corrected chi connectivity index (χ3v) is 3.15. The molecule has 0 radical (unpaired) electrons. The minimum absolute atomic E-state index is 0.135. The van der Waals surface area contributed by atoms with E-state index in [9.17, 15) is 0 Å². The molecule has 2 aromatic rings. The summed E-state index contributed by atoms with van der Waals surface area (Å²) in [5.74, 6) is 1.03. The zero-order valence-electron chi connectivity index (χ0n) is 10.8. The quantitative estimate of drug-likeness (QED) is 0.880. The van der Waals surface area contributed by atoms with Gasteiger partial charge < -0.3 is 9.73 Å². The van der Waals surface area contributed by atoms with Crippen molar-refractivity contribution in [2.24, 2.45) is 7.05 Å². The fourth-order valence-electron chi connectivity index (χ4n) is 2.31. The Morgan fingerprint density at radius 3 is 2.82 bits per heavy atom. The first-order chi connectivity index (χ1) is 8.19. The lowest BCUT2D eigenvalue weighted by molar-refractivity contribution is 0.500. The third-order valence-electron chi connectivity index (χ3n) is 3.15. The van der Waals surface area contributed by atoms with E-state index >= 15 is 0 Å². The molecule has 0 aliphatic rings. The molecule has 0 amide bonds. The zero-order valence-corrected chi connectivity index (χ0v) is 10.8. The summed E-state index contributed by atoms with van der Waals surface area (Å²) in [4.78, 5) is 0. The molecule has 0 spiro atoms. The molecule has 0 aliphatic carbocycles. The van der Waals surface area contributed by atoms with Crippen molar-refractivity contribution >= 4 is 0 Å². The van der Waals surface area contributed by atoms with E-state index < -0.39 is 0 Å². The Morgan fingerprint density at radius 2 is 2.29 bits per heavy atom. The SMILES string of the molecule is CCc1occc1C(NC)c1c(C)cnn1C. The molecule has 4 nitrogen and oxygen atoms in total. The second kappa shape index (κ2) is 4.75. The molecule has 2 rings (SSSR count). The highest BCUT2D eigenvalue weighted by molar-refractivity contribution is 5.33. The zero-order chi connectivity index (χ0) is 12.4. The van der Waals surface area contributed by atoms with Crippen LogP contribution in [0.4, 0.5) is 0 Å². The van der Waals surface area contributed by atoms with Crippen LogP contribution >= 0.6 is 0 Å². The van der Waals surface area contributed by atoms with Crippen LogP contribution in [0.5, 0.6) is 0 Å². The first-order valence-corrected chi connectivity index (χ1v) is 5.91. The van der Waals surface area contributed by atoms with Gasteiger partial charge in [0.25, 0.3) is 0 Å². The van der Waals surface area contributed by atoms with E-state index in [1.54, 1.807) is 6.26 Å². The molecule has 2 heterocycles. The molecule has 17 heavy (non-hydrogen) atoms. The number of hydrogen-bond donors (Lipinski definition) is 1. The van der Waals surface area contributed by atoms with Gasteiger partial charge in [-0.15, -0.1) is 0 Å². The molecule has 0 saturated carbocycles. The van der Waals surface area contributed by atoms with Crippen LogP contribution in [-0.2, 0) is 13.5 Å². The van der Waals surface area contributed by atoms with Crippen LogP contribution in [0.1, 0.15) is 35.5 Å². The fourth-order valence-corrected chi connectivity index (χ4v) is 2.31. The third kappa shape index (κ3) is 2.00. The number of hydrogen-bond acceptors (Lipinski definition) is 3. The van der Waals surface area contributed by atoms with Gasteiger partial charge >= 0.3 is 0 Å². The molecule has 1 unspecified atom stereocenters. The Morgan fingerprint density at radius 1 is 1.53 bits per heavy atom. The summed E-state index contributed by atoms with van der Waals surface area (Å²) in [6.45, 7) is 4.18. The molecule has 0 fully saturated rings. The van der Waals surface area contributed by atoms with Crippen LogP contribution in [0.2, 0.25) is 0 Å². The summed E-state index contributed by atoms with van der Waals surface area (Å²) in [5.41, 5.74) is 3.57. The Labute approximate surface area is 102 Å². The minimum Gasteiger partial charge on any atom is -0.469 e. The summed E-state index contributed by atoms with van der Waals surface area (Å²) in [5, 5.41) is 7.64. The van der Waals surface area contributed by atoms with Crippen molar-refractivity contribution in [1.82, 2.24) is 15.1 Å². The number of furan rings is 1. The van der Waals surface area contributed by atoms with Crippen molar-refractivity contribution < 1.29 is 4.42 Å². The molecule has 1 atom stereocenters. The van der Waals surface area contributed by atoms with Crippen LogP contribution in [0.15, 0.2) is 22.9 Å². The van der Waals surface area contributed by atoms with Crippen molar-refractivity contribution in [3.05, 3.63) is 41.1 Å². The van der Waals surface area contributed by atoms with Crippen molar-refractivity contribution in [1.29, 1.82) is 0 Å². The molecule has 0 aliphatic heterocycles. The second-order valence-corrected chi connectivity index (χ2v) is 4.21. The van der Waals surface area contributed by atoms with Crippen LogP contribution in [0, 0.1) is 6.92 Å². The summed E-state index contributed by atoms with van der Waals surface area (Å²) >= 11 is 0. The van der Waals surface area contributed by atoms with Gasteiger partial charge in [0, 0.05) is 19.0 Å². The Kier molecular flexibility index (Phi) is 3.33. The highest BCUT2D eigenvalue weighted by Gasteiger charge is 2.22. The predicted octanol–water partition coefficient (Wildman–Crippen LogP) is 2.19. The fraction of sp³-hybridized carbons (Fsp3) is 0.462. The van der Waals surface area contributed by atoms with E-state index in [4.69, 9.17) is 4.42 Å².